The van der Waals surface area contributed by atoms with Gasteiger partial charge in [0.25, 0.3) is 0 Å². The lowest BCUT2D eigenvalue weighted by atomic mass is 9.91. The van der Waals surface area contributed by atoms with Gasteiger partial charge in [-0.3, -0.25) is 0 Å². The zero-order valence-corrected chi connectivity index (χ0v) is 8.01. The molecule has 0 saturated heterocycles. The Labute approximate surface area is 87.4 Å². The van der Waals surface area contributed by atoms with Gasteiger partial charge in [0.2, 0.25) is 0 Å². The molecule has 2 unspecified atom stereocenters. The molecule has 0 aromatic heterocycles. The van der Waals surface area contributed by atoms with E-state index >= 15 is 0 Å². The molecule has 1 aliphatic heterocycles. The van der Waals surface area contributed by atoms with Gasteiger partial charge >= 0.3 is 0 Å². The van der Waals surface area contributed by atoms with Crippen LogP contribution >= 0.6 is 0 Å². The lowest BCUT2D eigenvalue weighted by molar-refractivity contribution is 0.0175. The van der Waals surface area contributed by atoms with E-state index in [1.54, 1.807) is 12.2 Å². The Kier molecular flexibility index (Phi) is 1.58. The molecule has 1 aromatic carbocycles. The molecular weight excluding hydrogens is 190 g/mol. The average molecular weight is 201 g/mol. The van der Waals surface area contributed by atoms with Gasteiger partial charge < -0.3 is 15.5 Å². The van der Waals surface area contributed by atoms with Crippen LogP contribution in [0.1, 0.15) is 5.56 Å². The molecule has 1 aliphatic carbocycles. The molecule has 0 saturated carbocycles. The Morgan fingerprint density at radius 3 is 2.93 bits per heavy atom. The number of para-hydroxylation sites is 1. The molecule has 2 atom stereocenters. The predicted octanol–water partition coefficient (Wildman–Crippen LogP) is 1.11. The summed E-state index contributed by atoms with van der Waals surface area (Å²) >= 11 is 0. The largest absolute Gasteiger partial charge is 0.384 e. The molecule has 3 rings (SSSR count). The number of rotatable bonds is 0. The van der Waals surface area contributed by atoms with Crippen LogP contribution in [0.2, 0.25) is 0 Å². The number of aliphatic hydroxyl groups excluding tert-OH is 1. The normalized spacial score (nSPS) is 31.6. The van der Waals surface area contributed by atoms with Crippen LogP contribution in [0, 0.1) is 0 Å². The number of anilines is 1. The van der Waals surface area contributed by atoms with Gasteiger partial charge in [-0.2, -0.15) is 0 Å². The molecule has 3 heteroatoms. The number of nitrogens with one attached hydrogen (secondary N) is 1. The molecule has 2 aliphatic rings. The fourth-order valence-electron chi connectivity index (χ4n) is 2.15. The maximum Gasteiger partial charge on any atom is 0.193 e. The average Bonchev–Trinajstić information content (AvgIpc) is 2.53. The molecule has 76 valence electrons. The fraction of sp³-hybridized carbons (Fsp3) is 0.167. The van der Waals surface area contributed by atoms with Gasteiger partial charge in [-0.25, -0.2) is 0 Å². The van der Waals surface area contributed by atoms with Crippen molar-refractivity contribution < 1.29 is 10.2 Å². The summed E-state index contributed by atoms with van der Waals surface area (Å²) in [4.78, 5) is 0. The van der Waals surface area contributed by atoms with Gasteiger partial charge in [-0.05, 0) is 6.07 Å². The monoisotopic (exact) mass is 201 g/mol. The van der Waals surface area contributed by atoms with Crippen molar-refractivity contribution in [3.8, 4) is 0 Å². The van der Waals surface area contributed by atoms with E-state index in [1.165, 1.54) is 0 Å². The minimum atomic E-state index is -1.36. The predicted molar refractivity (Wildman–Crippen MR) is 58.1 cm³/mol. The van der Waals surface area contributed by atoms with E-state index in [9.17, 15) is 10.2 Å². The second-order valence-corrected chi connectivity index (χ2v) is 3.85. The second-order valence-electron chi connectivity index (χ2n) is 3.85. The standard InChI is InChI=1S/C12H11NO2/c14-11-7-3-5-9-8-4-1-2-6-10(8)13-12(9,11)15/h1-7,11,13-15H. The molecule has 1 heterocycles. The zero-order chi connectivity index (χ0) is 10.5. The highest BCUT2D eigenvalue weighted by molar-refractivity contribution is 5.90. The van der Waals surface area contributed by atoms with Crippen molar-refractivity contribution in [2.24, 2.45) is 0 Å². The maximum atomic E-state index is 10.3. The number of benzene rings is 1. The summed E-state index contributed by atoms with van der Waals surface area (Å²) in [6, 6.07) is 7.63. The van der Waals surface area contributed by atoms with Crippen molar-refractivity contribution in [2.75, 3.05) is 5.32 Å². The van der Waals surface area contributed by atoms with Crippen LogP contribution in [-0.4, -0.2) is 22.0 Å². The van der Waals surface area contributed by atoms with Crippen LogP contribution in [0.3, 0.4) is 0 Å². The van der Waals surface area contributed by atoms with E-state index in [2.05, 4.69) is 5.32 Å². The van der Waals surface area contributed by atoms with Crippen LogP contribution in [0.15, 0.2) is 42.5 Å². The van der Waals surface area contributed by atoms with E-state index in [4.69, 9.17) is 0 Å². The lowest BCUT2D eigenvalue weighted by Crippen LogP contribution is -2.47. The van der Waals surface area contributed by atoms with Gasteiger partial charge in [-0.1, -0.05) is 36.4 Å². The first kappa shape index (κ1) is 8.71. The fourth-order valence-corrected chi connectivity index (χ4v) is 2.15. The van der Waals surface area contributed by atoms with E-state index in [-0.39, 0.29) is 0 Å². The highest BCUT2D eigenvalue weighted by Gasteiger charge is 2.45. The van der Waals surface area contributed by atoms with E-state index < -0.39 is 11.8 Å². The molecule has 1 aromatic rings. The second kappa shape index (κ2) is 2.72. The highest BCUT2D eigenvalue weighted by Crippen LogP contribution is 2.43. The summed E-state index contributed by atoms with van der Waals surface area (Å²) in [5.74, 6) is 0. The molecule has 3 nitrogen and oxygen atoms in total. The zero-order valence-electron chi connectivity index (χ0n) is 8.01. The molecule has 0 radical (unpaired) electrons. The third kappa shape index (κ3) is 1.02. The third-order valence-corrected chi connectivity index (χ3v) is 2.94. The van der Waals surface area contributed by atoms with Crippen molar-refractivity contribution in [1.29, 1.82) is 0 Å². The van der Waals surface area contributed by atoms with Crippen LogP contribution in [-0.2, 0) is 0 Å². The van der Waals surface area contributed by atoms with Crippen molar-refractivity contribution in [1.82, 2.24) is 0 Å². The van der Waals surface area contributed by atoms with Crippen LogP contribution in [0.5, 0.6) is 0 Å². The molecule has 3 N–H and O–H groups in total. The molecule has 0 bridgehead atoms. The summed E-state index contributed by atoms with van der Waals surface area (Å²) in [7, 11) is 0. The van der Waals surface area contributed by atoms with Crippen molar-refractivity contribution in [2.45, 2.75) is 11.8 Å². The highest BCUT2D eigenvalue weighted by atomic mass is 16.4. The first-order valence-electron chi connectivity index (χ1n) is 4.89. The molecule has 0 spiro atoms. The quantitative estimate of drug-likeness (QED) is 0.589. The summed E-state index contributed by atoms with van der Waals surface area (Å²) < 4.78 is 0. The smallest absolute Gasteiger partial charge is 0.193 e. The van der Waals surface area contributed by atoms with Gasteiger partial charge in [-0.15, -0.1) is 0 Å². The van der Waals surface area contributed by atoms with Gasteiger partial charge in [0.15, 0.2) is 5.72 Å². The van der Waals surface area contributed by atoms with E-state index in [0.29, 0.717) is 0 Å². The Bertz CT molecular complexity index is 478. The van der Waals surface area contributed by atoms with Gasteiger partial charge in [0.05, 0.1) is 0 Å². The SMILES string of the molecule is OC1C=CC=C2c3ccccc3NC21O. The number of hydrogen-bond donors (Lipinski definition) is 3. The first-order chi connectivity index (χ1) is 7.22. The Balaban J connectivity index is 2.22. The summed E-state index contributed by atoms with van der Waals surface area (Å²) in [5.41, 5.74) is 1.17. The summed E-state index contributed by atoms with van der Waals surface area (Å²) in [6.45, 7) is 0. The molecule has 15 heavy (non-hydrogen) atoms. The van der Waals surface area contributed by atoms with E-state index in [0.717, 1.165) is 16.8 Å². The van der Waals surface area contributed by atoms with Crippen molar-refractivity contribution in [3.63, 3.8) is 0 Å². The maximum absolute atomic E-state index is 10.3. The number of allylic oxidation sites excluding steroid dienone is 2. The van der Waals surface area contributed by atoms with Crippen LogP contribution < -0.4 is 5.32 Å². The summed E-state index contributed by atoms with van der Waals surface area (Å²) in [5, 5.41) is 23.0. The topological polar surface area (TPSA) is 52.5 Å². The van der Waals surface area contributed by atoms with Crippen LogP contribution in [0.25, 0.3) is 5.57 Å². The number of hydrogen-bond acceptors (Lipinski definition) is 3. The minimum absolute atomic E-state index is 0.730. The molecule has 0 amide bonds. The summed E-state index contributed by atoms with van der Waals surface area (Å²) in [6.07, 6.45) is 4.25. The van der Waals surface area contributed by atoms with E-state index in [1.807, 2.05) is 30.3 Å². The molecular formula is C12H11NO2. The molecule has 0 fully saturated rings. The van der Waals surface area contributed by atoms with Crippen LogP contribution in [0.4, 0.5) is 5.69 Å². The minimum Gasteiger partial charge on any atom is -0.384 e. The lowest BCUT2D eigenvalue weighted by Gasteiger charge is -2.31. The van der Waals surface area contributed by atoms with Gasteiger partial charge in [0.1, 0.15) is 6.10 Å². The Morgan fingerprint density at radius 1 is 1.27 bits per heavy atom. The van der Waals surface area contributed by atoms with Crippen molar-refractivity contribution >= 4 is 11.3 Å². The number of aliphatic hydroxyl groups is 2. The number of fused-ring (bicyclic) bond motifs is 3. The first-order valence-corrected chi connectivity index (χ1v) is 4.89. The van der Waals surface area contributed by atoms with Crippen molar-refractivity contribution in [3.05, 3.63) is 48.1 Å². The van der Waals surface area contributed by atoms with Gasteiger partial charge in [0, 0.05) is 16.8 Å². The Hall–Kier alpha value is -1.58. The Morgan fingerprint density at radius 2 is 2.07 bits per heavy atom. The third-order valence-electron chi connectivity index (χ3n) is 2.94.